The molecule has 0 amide bonds. The molecule has 0 aromatic heterocycles. The highest BCUT2D eigenvalue weighted by Gasteiger charge is 2.20. The van der Waals surface area contributed by atoms with Crippen LogP contribution in [0.1, 0.15) is 142 Å². The summed E-state index contributed by atoms with van der Waals surface area (Å²) in [5, 5.41) is 0. The zero-order chi connectivity index (χ0) is 24.1. The first-order valence-corrected chi connectivity index (χ1v) is 15.2. The van der Waals surface area contributed by atoms with Crippen molar-refractivity contribution in [1.29, 1.82) is 0 Å². The molecule has 0 N–H and O–H groups in total. The molecule has 1 aromatic rings. The standard InChI is InChI=1S/C32H56O2/c1-3-5-7-9-10-11-13-15-27-33-31-23-25-32(26-24-31)34-28-16-18-30-21-19-29(20-22-30)17-14-12-8-6-4-2/h23-26,29-30H,3-22,27-28H2,1-2H3/t29-,30-. The second-order valence-corrected chi connectivity index (χ2v) is 10.9. The highest BCUT2D eigenvalue weighted by atomic mass is 16.5. The third-order valence-electron chi connectivity index (χ3n) is 7.80. The second-order valence-electron chi connectivity index (χ2n) is 10.9. The zero-order valence-corrected chi connectivity index (χ0v) is 22.8. The van der Waals surface area contributed by atoms with E-state index < -0.39 is 0 Å². The molecule has 196 valence electrons. The van der Waals surface area contributed by atoms with Crippen LogP contribution in [0.15, 0.2) is 24.3 Å². The Balaban J connectivity index is 1.43. The molecular formula is C32H56O2. The first-order valence-electron chi connectivity index (χ1n) is 15.2. The predicted octanol–water partition coefficient (Wildman–Crippen LogP) is 10.5. The number of unbranched alkanes of at least 4 members (excludes halogenated alkanes) is 11. The minimum Gasteiger partial charge on any atom is -0.494 e. The van der Waals surface area contributed by atoms with Gasteiger partial charge in [-0.2, -0.15) is 0 Å². The van der Waals surface area contributed by atoms with Crippen LogP contribution < -0.4 is 9.47 Å². The van der Waals surface area contributed by atoms with E-state index in [2.05, 4.69) is 38.1 Å². The largest absolute Gasteiger partial charge is 0.494 e. The van der Waals surface area contributed by atoms with Crippen LogP contribution >= 0.6 is 0 Å². The highest BCUT2D eigenvalue weighted by molar-refractivity contribution is 5.31. The van der Waals surface area contributed by atoms with Crippen molar-refractivity contribution < 1.29 is 9.47 Å². The summed E-state index contributed by atoms with van der Waals surface area (Å²) in [5.41, 5.74) is 0. The maximum absolute atomic E-state index is 6.00. The average molecular weight is 473 g/mol. The number of ether oxygens (including phenoxy) is 2. The van der Waals surface area contributed by atoms with E-state index in [9.17, 15) is 0 Å². The predicted molar refractivity (Wildman–Crippen MR) is 148 cm³/mol. The Kier molecular flexibility index (Phi) is 17.1. The summed E-state index contributed by atoms with van der Waals surface area (Å²) in [5.74, 6) is 3.90. The van der Waals surface area contributed by atoms with Crippen LogP contribution in [0.5, 0.6) is 11.5 Å². The van der Waals surface area contributed by atoms with E-state index in [1.165, 1.54) is 122 Å². The van der Waals surface area contributed by atoms with Crippen molar-refractivity contribution in [3.8, 4) is 11.5 Å². The second kappa shape index (κ2) is 20.1. The molecule has 0 radical (unpaired) electrons. The summed E-state index contributed by atoms with van der Waals surface area (Å²) in [6, 6.07) is 8.25. The van der Waals surface area contributed by atoms with Gasteiger partial charge >= 0.3 is 0 Å². The minimum absolute atomic E-state index is 0.830. The van der Waals surface area contributed by atoms with Crippen LogP contribution in [0, 0.1) is 11.8 Å². The first kappa shape index (κ1) is 29.1. The Morgan fingerprint density at radius 2 is 0.882 bits per heavy atom. The van der Waals surface area contributed by atoms with Crippen molar-refractivity contribution >= 4 is 0 Å². The molecule has 1 saturated carbocycles. The van der Waals surface area contributed by atoms with Gasteiger partial charge in [0.1, 0.15) is 11.5 Å². The summed E-state index contributed by atoms with van der Waals surface area (Å²) >= 11 is 0. The van der Waals surface area contributed by atoms with Crippen LogP contribution in [0.4, 0.5) is 0 Å². The van der Waals surface area contributed by atoms with Gasteiger partial charge < -0.3 is 9.47 Å². The SMILES string of the molecule is CCCCCCCCCCOc1ccc(OCCC[C@H]2CC[C@H](CCCCCCC)CC2)cc1. The van der Waals surface area contributed by atoms with Crippen LogP contribution in [-0.4, -0.2) is 13.2 Å². The van der Waals surface area contributed by atoms with Crippen LogP contribution in [0.25, 0.3) is 0 Å². The molecule has 34 heavy (non-hydrogen) atoms. The molecule has 2 heteroatoms. The molecule has 1 aliphatic rings. The molecule has 0 spiro atoms. The molecule has 2 nitrogen and oxygen atoms in total. The normalized spacial score (nSPS) is 18.2. The fourth-order valence-electron chi connectivity index (χ4n) is 5.47. The Morgan fingerprint density at radius 1 is 0.500 bits per heavy atom. The van der Waals surface area contributed by atoms with Crippen molar-refractivity contribution in [3.05, 3.63) is 24.3 Å². The quantitative estimate of drug-likeness (QED) is 0.166. The monoisotopic (exact) mass is 472 g/mol. The van der Waals surface area contributed by atoms with Gasteiger partial charge in [0.15, 0.2) is 0 Å². The van der Waals surface area contributed by atoms with Gasteiger partial charge in [-0.3, -0.25) is 0 Å². The van der Waals surface area contributed by atoms with Gasteiger partial charge in [0, 0.05) is 0 Å². The molecule has 1 fully saturated rings. The van der Waals surface area contributed by atoms with Crippen molar-refractivity contribution in [3.63, 3.8) is 0 Å². The van der Waals surface area contributed by atoms with Gasteiger partial charge in [0.25, 0.3) is 0 Å². The summed E-state index contributed by atoms with van der Waals surface area (Å²) in [6.45, 7) is 6.25. The number of rotatable bonds is 21. The zero-order valence-electron chi connectivity index (χ0n) is 22.8. The van der Waals surface area contributed by atoms with Crippen LogP contribution in [-0.2, 0) is 0 Å². The Bertz CT molecular complexity index is 559. The molecular weight excluding hydrogens is 416 g/mol. The Hall–Kier alpha value is -1.18. The third kappa shape index (κ3) is 14.3. The minimum atomic E-state index is 0.830. The first-order chi connectivity index (χ1) is 16.8. The van der Waals surface area contributed by atoms with Crippen LogP contribution in [0.2, 0.25) is 0 Å². The lowest BCUT2D eigenvalue weighted by atomic mass is 9.78. The van der Waals surface area contributed by atoms with Crippen molar-refractivity contribution in [2.24, 2.45) is 11.8 Å². The highest BCUT2D eigenvalue weighted by Crippen LogP contribution is 2.34. The van der Waals surface area contributed by atoms with E-state index in [1.54, 1.807) is 0 Å². The molecule has 0 bridgehead atoms. The van der Waals surface area contributed by atoms with Gasteiger partial charge in [-0.1, -0.05) is 123 Å². The Labute approximate surface area is 212 Å². The van der Waals surface area contributed by atoms with Crippen molar-refractivity contribution in [1.82, 2.24) is 0 Å². The molecule has 0 heterocycles. The van der Waals surface area contributed by atoms with E-state index in [4.69, 9.17) is 9.47 Å². The van der Waals surface area contributed by atoms with E-state index in [-0.39, 0.29) is 0 Å². The van der Waals surface area contributed by atoms with Gasteiger partial charge in [-0.25, -0.2) is 0 Å². The number of benzene rings is 1. The summed E-state index contributed by atoms with van der Waals surface area (Å²) in [6.07, 6.45) is 27.7. The number of hydrogen-bond donors (Lipinski definition) is 0. The van der Waals surface area contributed by atoms with Gasteiger partial charge in [0.2, 0.25) is 0 Å². The summed E-state index contributed by atoms with van der Waals surface area (Å²) in [4.78, 5) is 0. The fourth-order valence-corrected chi connectivity index (χ4v) is 5.47. The van der Waals surface area contributed by atoms with Gasteiger partial charge in [-0.05, 0) is 55.4 Å². The van der Waals surface area contributed by atoms with Crippen molar-refractivity contribution in [2.45, 2.75) is 142 Å². The lowest BCUT2D eigenvalue weighted by Crippen LogP contribution is -2.15. The van der Waals surface area contributed by atoms with E-state index in [0.29, 0.717) is 0 Å². The molecule has 0 saturated heterocycles. The van der Waals surface area contributed by atoms with Gasteiger partial charge in [0.05, 0.1) is 13.2 Å². The molecule has 0 unspecified atom stereocenters. The molecule has 1 aliphatic carbocycles. The maximum atomic E-state index is 6.00. The molecule has 0 atom stereocenters. The summed E-state index contributed by atoms with van der Waals surface area (Å²) in [7, 11) is 0. The van der Waals surface area contributed by atoms with E-state index in [0.717, 1.165) is 43.0 Å². The van der Waals surface area contributed by atoms with Crippen molar-refractivity contribution in [2.75, 3.05) is 13.2 Å². The van der Waals surface area contributed by atoms with Crippen LogP contribution in [0.3, 0.4) is 0 Å². The molecule has 2 rings (SSSR count). The van der Waals surface area contributed by atoms with E-state index in [1.807, 2.05) is 0 Å². The smallest absolute Gasteiger partial charge is 0.119 e. The number of hydrogen-bond acceptors (Lipinski definition) is 2. The lowest BCUT2D eigenvalue weighted by molar-refractivity contribution is 0.228. The maximum Gasteiger partial charge on any atom is 0.119 e. The van der Waals surface area contributed by atoms with E-state index >= 15 is 0 Å². The summed E-state index contributed by atoms with van der Waals surface area (Å²) < 4.78 is 11.9. The Morgan fingerprint density at radius 3 is 1.38 bits per heavy atom. The third-order valence-corrected chi connectivity index (χ3v) is 7.80. The lowest BCUT2D eigenvalue weighted by Gasteiger charge is -2.28. The molecule has 0 aliphatic heterocycles. The topological polar surface area (TPSA) is 18.5 Å². The fraction of sp³-hybridized carbons (Fsp3) is 0.812. The molecule has 1 aromatic carbocycles. The average Bonchev–Trinajstić information content (AvgIpc) is 2.87. The van der Waals surface area contributed by atoms with Gasteiger partial charge in [-0.15, -0.1) is 0 Å².